The third kappa shape index (κ3) is 3.92. The fourth-order valence-electron chi connectivity index (χ4n) is 3.24. The summed E-state index contributed by atoms with van der Waals surface area (Å²) in [5, 5.41) is 0. The first-order valence-electron chi connectivity index (χ1n) is 8.59. The van der Waals surface area contributed by atoms with Gasteiger partial charge in [-0.25, -0.2) is 8.42 Å². The monoisotopic (exact) mass is 355 g/mol. The van der Waals surface area contributed by atoms with Crippen LogP contribution in [0.5, 0.6) is 5.75 Å². The zero-order chi connectivity index (χ0) is 18.1. The highest BCUT2D eigenvalue weighted by molar-refractivity contribution is 7.89. The molecule has 5 nitrogen and oxygen atoms in total. The van der Waals surface area contributed by atoms with Crippen LogP contribution in [0.2, 0.25) is 0 Å². The molecule has 0 amide bonds. The molecule has 2 atom stereocenters. The van der Waals surface area contributed by atoms with Crippen molar-refractivity contribution in [2.75, 3.05) is 19.7 Å². The second-order valence-corrected chi connectivity index (χ2v) is 8.73. The van der Waals surface area contributed by atoms with Crippen molar-refractivity contribution in [1.82, 2.24) is 4.31 Å². The van der Waals surface area contributed by atoms with Crippen LogP contribution in [-0.4, -0.2) is 44.6 Å². The molecule has 0 bridgehead atoms. The number of aryl methyl sites for hydroxylation is 1. The van der Waals surface area contributed by atoms with E-state index in [-0.39, 0.29) is 23.0 Å². The highest BCUT2D eigenvalue weighted by atomic mass is 32.2. The van der Waals surface area contributed by atoms with Crippen molar-refractivity contribution in [3.8, 4) is 5.75 Å². The molecule has 6 heteroatoms. The average molecular weight is 356 g/mol. The molecule has 24 heavy (non-hydrogen) atoms. The fourth-order valence-corrected chi connectivity index (χ4v) is 4.97. The van der Waals surface area contributed by atoms with Gasteiger partial charge in [-0.05, 0) is 56.9 Å². The van der Waals surface area contributed by atoms with Gasteiger partial charge >= 0.3 is 0 Å². The van der Waals surface area contributed by atoms with Gasteiger partial charge in [0.05, 0.1) is 18.8 Å². The molecule has 1 fully saturated rings. The lowest BCUT2D eigenvalue weighted by Crippen LogP contribution is -2.48. The van der Waals surface area contributed by atoms with E-state index >= 15 is 0 Å². The van der Waals surface area contributed by atoms with Crippen molar-refractivity contribution in [2.45, 2.75) is 64.6 Å². The van der Waals surface area contributed by atoms with Crippen molar-refractivity contribution in [1.29, 1.82) is 0 Å². The van der Waals surface area contributed by atoms with Gasteiger partial charge in [0, 0.05) is 13.1 Å². The second-order valence-electron chi connectivity index (χ2n) is 6.82. The van der Waals surface area contributed by atoms with Crippen LogP contribution in [0.15, 0.2) is 17.0 Å². The molecule has 1 aromatic carbocycles. The van der Waals surface area contributed by atoms with E-state index in [0.717, 1.165) is 11.1 Å². The smallest absolute Gasteiger partial charge is 0.246 e. The Kier molecular flexibility index (Phi) is 5.94. The highest BCUT2D eigenvalue weighted by Crippen LogP contribution is 2.34. The van der Waals surface area contributed by atoms with E-state index in [0.29, 0.717) is 25.4 Å². The molecular formula is C18H29NO4S. The van der Waals surface area contributed by atoms with E-state index < -0.39 is 10.0 Å². The number of ether oxygens (including phenoxy) is 2. The number of sulfonamides is 1. The summed E-state index contributed by atoms with van der Waals surface area (Å²) in [6.45, 7) is 12.9. The highest BCUT2D eigenvalue weighted by Gasteiger charge is 2.34. The summed E-state index contributed by atoms with van der Waals surface area (Å²) in [6.07, 6.45) is -0.233. The van der Waals surface area contributed by atoms with E-state index in [1.807, 2.05) is 33.8 Å². The summed E-state index contributed by atoms with van der Waals surface area (Å²) < 4.78 is 39.3. The molecule has 0 aliphatic carbocycles. The van der Waals surface area contributed by atoms with Crippen molar-refractivity contribution in [2.24, 2.45) is 0 Å². The quantitative estimate of drug-likeness (QED) is 0.813. The zero-order valence-electron chi connectivity index (χ0n) is 15.5. The third-order valence-electron chi connectivity index (χ3n) is 4.26. The van der Waals surface area contributed by atoms with E-state index in [2.05, 4.69) is 13.8 Å². The third-order valence-corrected chi connectivity index (χ3v) is 6.11. The standard InChI is InChI=1S/C18H29NO4S/c1-7-22-17-8-13(4)16(12(2)3)9-18(17)24(20,21)19-10-14(5)23-15(6)11-19/h8-9,12,14-15H,7,10-11H2,1-6H3/t14-,15+. The van der Waals surface area contributed by atoms with Crippen molar-refractivity contribution >= 4 is 10.0 Å². The van der Waals surface area contributed by atoms with Crippen LogP contribution in [0.1, 0.15) is 51.7 Å². The zero-order valence-corrected chi connectivity index (χ0v) is 16.3. The number of hydrogen-bond acceptors (Lipinski definition) is 4. The summed E-state index contributed by atoms with van der Waals surface area (Å²) in [5.74, 6) is 0.684. The second kappa shape index (κ2) is 7.42. The van der Waals surface area contributed by atoms with Crippen molar-refractivity contribution in [3.05, 3.63) is 23.3 Å². The van der Waals surface area contributed by atoms with Crippen LogP contribution in [0.4, 0.5) is 0 Å². The molecule has 1 aliphatic heterocycles. The van der Waals surface area contributed by atoms with Gasteiger partial charge in [0.1, 0.15) is 10.6 Å². The molecule has 0 spiro atoms. The molecule has 1 aromatic rings. The number of hydrogen-bond donors (Lipinski definition) is 0. The molecule has 1 heterocycles. The largest absolute Gasteiger partial charge is 0.492 e. The van der Waals surface area contributed by atoms with Crippen LogP contribution in [-0.2, 0) is 14.8 Å². The fraction of sp³-hybridized carbons (Fsp3) is 0.667. The van der Waals surface area contributed by atoms with E-state index in [9.17, 15) is 8.42 Å². The number of benzene rings is 1. The first-order valence-corrected chi connectivity index (χ1v) is 10.0. The molecule has 0 N–H and O–H groups in total. The first kappa shape index (κ1) is 19.2. The minimum absolute atomic E-state index is 0.117. The maximum atomic E-state index is 13.3. The van der Waals surface area contributed by atoms with Gasteiger partial charge in [-0.3, -0.25) is 0 Å². The van der Waals surface area contributed by atoms with E-state index in [1.54, 1.807) is 6.07 Å². The molecule has 0 unspecified atom stereocenters. The average Bonchev–Trinajstić information content (AvgIpc) is 2.46. The van der Waals surface area contributed by atoms with Crippen LogP contribution in [0.25, 0.3) is 0 Å². The van der Waals surface area contributed by atoms with Crippen LogP contribution in [0.3, 0.4) is 0 Å². The molecule has 0 radical (unpaired) electrons. The van der Waals surface area contributed by atoms with Gasteiger partial charge in [0.2, 0.25) is 10.0 Å². The minimum atomic E-state index is -3.63. The van der Waals surface area contributed by atoms with Gasteiger partial charge in [-0.15, -0.1) is 0 Å². The van der Waals surface area contributed by atoms with Crippen LogP contribution in [0, 0.1) is 6.92 Å². The molecule has 136 valence electrons. The minimum Gasteiger partial charge on any atom is -0.492 e. The Morgan fingerprint density at radius 3 is 2.33 bits per heavy atom. The predicted molar refractivity (Wildman–Crippen MR) is 95.2 cm³/mol. The summed E-state index contributed by atoms with van der Waals surface area (Å²) in [7, 11) is -3.63. The summed E-state index contributed by atoms with van der Waals surface area (Å²) >= 11 is 0. The number of nitrogens with zero attached hydrogens (tertiary/aromatic N) is 1. The van der Waals surface area contributed by atoms with E-state index in [4.69, 9.17) is 9.47 Å². The first-order chi connectivity index (χ1) is 11.2. The van der Waals surface area contributed by atoms with Gasteiger partial charge in [-0.2, -0.15) is 4.31 Å². The lowest BCUT2D eigenvalue weighted by Gasteiger charge is -2.34. The Balaban J connectivity index is 2.53. The Morgan fingerprint density at radius 2 is 1.83 bits per heavy atom. The molecule has 1 aliphatic rings. The molecule has 0 aromatic heterocycles. The Morgan fingerprint density at radius 1 is 1.25 bits per heavy atom. The van der Waals surface area contributed by atoms with Crippen LogP contribution >= 0.6 is 0 Å². The van der Waals surface area contributed by atoms with Gasteiger partial charge in [-0.1, -0.05) is 13.8 Å². The maximum Gasteiger partial charge on any atom is 0.246 e. The number of morpholine rings is 1. The summed E-state index contributed by atoms with van der Waals surface area (Å²) in [6, 6.07) is 3.63. The summed E-state index contributed by atoms with van der Waals surface area (Å²) in [4.78, 5) is 0.264. The Bertz CT molecular complexity index is 675. The lowest BCUT2D eigenvalue weighted by atomic mass is 9.98. The van der Waals surface area contributed by atoms with Crippen molar-refractivity contribution in [3.63, 3.8) is 0 Å². The summed E-state index contributed by atoms with van der Waals surface area (Å²) in [5.41, 5.74) is 2.09. The maximum absolute atomic E-state index is 13.3. The Labute approximate surface area is 146 Å². The number of rotatable bonds is 5. The Hall–Kier alpha value is -1.11. The molecular weight excluding hydrogens is 326 g/mol. The van der Waals surface area contributed by atoms with Gasteiger partial charge in [0.15, 0.2) is 0 Å². The normalized spacial score (nSPS) is 22.8. The topological polar surface area (TPSA) is 55.8 Å². The van der Waals surface area contributed by atoms with Gasteiger partial charge in [0.25, 0.3) is 0 Å². The van der Waals surface area contributed by atoms with Crippen LogP contribution < -0.4 is 4.74 Å². The lowest BCUT2D eigenvalue weighted by molar-refractivity contribution is -0.0441. The molecule has 0 saturated carbocycles. The molecule has 2 rings (SSSR count). The van der Waals surface area contributed by atoms with Gasteiger partial charge < -0.3 is 9.47 Å². The predicted octanol–water partition coefficient (Wildman–Crippen LogP) is 3.32. The SMILES string of the molecule is CCOc1cc(C)c(C(C)C)cc1S(=O)(=O)N1C[C@@H](C)O[C@@H](C)C1. The van der Waals surface area contributed by atoms with E-state index in [1.165, 1.54) is 4.31 Å². The molecule has 1 saturated heterocycles. The van der Waals surface area contributed by atoms with Crippen molar-refractivity contribution < 1.29 is 17.9 Å².